The van der Waals surface area contributed by atoms with Crippen molar-refractivity contribution in [2.45, 2.75) is 25.8 Å². The zero-order valence-electron chi connectivity index (χ0n) is 12.3. The Labute approximate surface area is 130 Å². The molecule has 2 N–H and O–H groups in total. The number of para-hydroxylation sites is 2. The Hall–Kier alpha value is -1.71. The SMILES string of the molecule is CCC(N)Cc1ccc(Cl)cc1Oc1ccccc1OC. The second-order valence-corrected chi connectivity index (χ2v) is 5.31. The molecule has 21 heavy (non-hydrogen) atoms. The van der Waals surface area contributed by atoms with Crippen molar-refractivity contribution in [3.63, 3.8) is 0 Å². The first-order valence-corrected chi connectivity index (χ1v) is 7.36. The molecule has 2 aromatic carbocycles. The van der Waals surface area contributed by atoms with Crippen molar-refractivity contribution in [2.24, 2.45) is 5.73 Å². The lowest BCUT2D eigenvalue weighted by Gasteiger charge is -2.16. The molecule has 1 atom stereocenters. The van der Waals surface area contributed by atoms with Crippen LogP contribution < -0.4 is 15.2 Å². The maximum Gasteiger partial charge on any atom is 0.169 e. The summed E-state index contributed by atoms with van der Waals surface area (Å²) in [6.45, 7) is 2.07. The van der Waals surface area contributed by atoms with E-state index in [1.165, 1.54) is 0 Å². The molecule has 1 unspecified atom stereocenters. The van der Waals surface area contributed by atoms with Crippen molar-refractivity contribution in [3.05, 3.63) is 53.1 Å². The predicted molar refractivity (Wildman–Crippen MR) is 86.5 cm³/mol. The van der Waals surface area contributed by atoms with Crippen LogP contribution in [0.1, 0.15) is 18.9 Å². The number of hydrogen-bond acceptors (Lipinski definition) is 3. The molecular weight excluding hydrogens is 286 g/mol. The van der Waals surface area contributed by atoms with Gasteiger partial charge in [-0.15, -0.1) is 0 Å². The summed E-state index contributed by atoms with van der Waals surface area (Å²) < 4.78 is 11.3. The Morgan fingerprint density at radius 1 is 1.10 bits per heavy atom. The Morgan fingerprint density at radius 3 is 2.48 bits per heavy atom. The van der Waals surface area contributed by atoms with Crippen LogP contribution in [0.2, 0.25) is 5.02 Å². The second-order valence-electron chi connectivity index (χ2n) is 4.88. The van der Waals surface area contributed by atoms with Crippen molar-refractivity contribution in [3.8, 4) is 17.2 Å². The first-order chi connectivity index (χ1) is 10.1. The molecule has 0 spiro atoms. The van der Waals surface area contributed by atoms with Gasteiger partial charge < -0.3 is 15.2 Å². The summed E-state index contributed by atoms with van der Waals surface area (Å²) in [5, 5.41) is 0.633. The quantitative estimate of drug-likeness (QED) is 0.859. The molecule has 0 saturated carbocycles. The van der Waals surface area contributed by atoms with Crippen molar-refractivity contribution in [2.75, 3.05) is 7.11 Å². The average molecular weight is 306 g/mol. The number of hydrogen-bond donors (Lipinski definition) is 1. The van der Waals surface area contributed by atoms with E-state index in [1.807, 2.05) is 42.5 Å². The highest BCUT2D eigenvalue weighted by Crippen LogP contribution is 2.34. The van der Waals surface area contributed by atoms with Gasteiger partial charge in [-0.1, -0.05) is 36.7 Å². The van der Waals surface area contributed by atoms with Crippen molar-refractivity contribution >= 4 is 11.6 Å². The van der Waals surface area contributed by atoms with Crippen LogP contribution in [0.4, 0.5) is 0 Å². The third-order valence-electron chi connectivity index (χ3n) is 3.32. The van der Waals surface area contributed by atoms with Crippen LogP contribution in [0.5, 0.6) is 17.2 Å². The molecule has 0 heterocycles. The minimum atomic E-state index is 0.103. The lowest BCUT2D eigenvalue weighted by molar-refractivity contribution is 0.377. The maximum atomic E-state index is 6.08. The van der Waals surface area contributed by atoms with E-state index in [-0.39, 0.29) is 6.04 Å². The highest BCUT2D eigenvalue weighted by molar-refractivity contribution is 6.30. The summed E-state index contributed by atoms with van der Waals surface area (Å²) in [5.74, 6) is 2.06. The van der Waals surface area contributed by atoms with Gasteiger partial charge in [0.05, 0.1) is 7.11 Å². The minimum absolute atomic E-state index is 0.103. The van der Waals surface area contributed by atoms with Crippen LogP contribution in [0.25, 0.3) is 0 Å². The van der Waals surface area contributed by atoms with Crippen LogP contribution in [0.15, 0.2) is 42.5 Å². The van der Waals surface area contributed by atoms with Gasteiger partial charge in [-0.05, 0) is 42.7 Å². The highest BCUT2D eigenvalue weighted by atomic mass is 35.5. The molecule has 0 aliphatic rings. The first-order valence-electron chi connectivity index (χ1n) is 6.99. The molecule has 0 aliphatic carbocycles. The fourth-order valence-electron chi connectivity index (χ4n) is 2.04. The molecule has 0 aromatic heterocycles. The Morgan fingerprint density at radius 2 is 1.81 bits per heavy atom. The summed E-state index contributed by atoms with van der Waals surface area (Å²) in [6, 6.07) is 13.3. The normalized spacial score (nSPS) is 12.0. The fourth-order valence-corrected chi connectivity index (χ4v) is 2.20. The first kappa shape index (κ1) is 15.7. The maximum absolute atomic E-state index is 6.08. The van der Waals surface area contributed by atoms with Crippen LogP contribution >= 0.6 is 11.6 Å². The van der Waals surface area contributed by atoms with E-state index in [4.69, 9.17) is 26.8 Å². The topological polar surface area (TPSA) is 44.5 Å². The molecule has 2 rings (SSSR count). The molecule has 2 aromatic rings. The number of halogens is 1. The molecule has 0 aliphatic heterocycles. The average Bonchev–Trinajstić information content (AvgIpc) is 2.50. The molecule has 0 amide bonds. The van der Waals surface area contributed by atoms with Gasteiger partial charge in [-0.3, -0.25) is 0 Å². The fraction of sp³-hybridized carbons (Fsp3) is 0.294. The highest BCUT2D eigenvalue weighted by Gasteiger charge is 2.12. The number of methoxy groups -OCH3 is 1. The van der Waals surface area contributed by atoms with Crippen molar-refractivity contribution in [1.82, 2.24) is 0 Å². The van der Waals surface area contributed by atoms with Gasteiger partial charge in [-0.2, -0.15) is 0 Å². The van der Waals surface area contributed by atoms with E-state index >= 15 is 0 Å². The zero-order chi connectivity index (χ0) is 15.2. The van der Waals surface area contributed by atoms with Crippen molar-refractivity contribution < 1.29 is 9.47 Å². The number of ether oxygens (including phenoxy) is 2. The Kier molecular flexibility index (Phi) is 5.48. The van der Waals surface area contributed by atoms with Crippen LogP contribution in [0.3, 0.4) is 0 Å². The Balaban J connectivity index is 2.31. The van der Waals surface area contributed by atoms with E-state index in [9.17, 15) is 0 Å². The summed E-state index contributed by atoms with van der Waals surface area (Å²) in [7, 11) is 1.62. The summed E-state index contributed by atoms with van der Waals surface area (Å²) in [5.41, 5.74) is 7.09. The van der Waals surface area contributed by atoms with E-state index in [0.29, 0.717) is 16.5 Å². The van der Waals surface area contributed by atoms with Gasteiger partial charge in [0.1, 0.15) is 5.75 Å². The standard InChI is InChI=1S/C17H20ClNO2/c1-3-14(19)10-12-8-9-13(18)11-17(12)21-16-7-5-4-6-15(16)20-2/h4-9,11,14H,3,10,19H2,1-2H3. The smallest absolute Gasteiger partial charge is 0.169 e. The predicted octanol–water partition coefficient (Wildman–Crippen LogP) is 4.42. The summed E-state index contributed by atoms with van der Waals surface area (Å²) >= 11 is 6.08. The summed E-state index contributed by atoms with van der Waals surface area (Å²) in [6.07, 6.45) is 1.66. The van der Waals surface area contributed by atoms with Crippen molar-refractivity contribution in [1.29, 1.82) is 0 Å². The molecule has 0 saturated heterocycles. The molecule has 112 valence electrons. The van der Waals surface area contributed by atoms with E-state index in [0.717, 1.165) is 24.2 Å². The second kappa shape index (κ2) is 7.34. The van der Waals surface area contributed by atoms with Crippen LogP contribution in [-0.2, 0) is 6.42 Å². The van der Waals surface area contributed by atoms with E-state index < -0.39 is 0 Å². The van der Waals surface area contributed by atoms with E-state index in [1.54, 1.807) is 7.11 Å². The molecule has 0 radical (unpaired) electrons. The van der Waals surface area contributed by atoms with Gasteiger partial charge in [-0.25, -0.2) is 0 Å². The van der Waals surface area contributed by atoms with Gasteiger partial charge in [0.15, 0.2) is 11.5 Å². The molecule has 0 bridgehead atoms. The molecule has 3 nitrogen and oxygen atoms in total. The number of benzene rings is 2. The number of nitrogens with two attached hydrogens (primary N) is 1. The molecule has 0 fully saturated rings. The zero-order valence-corrected chi connectivity index (χ0v) is 13.1. The Bertz CT molecular complexity index is 601. The van der Waals surface area contributed by atoms with Crippen LogP contribution in [-0.4, -0.2) is 13.2 Å². The van der Waals surface area contributed by atoms with Gasteiger partial charge >= 0.3 is 0 Å². The van der Waals surface area contributed by atoms with Gasteiger partial charge in [0.25, 0.3) is 0 Å². The number of rotatable bonds is 6. The minimum Gasteiger partial charge on any atom is -0.493 e. The molecular formula is C17H20ClNO2. The van der Waals surface area contributed by atoms with Gasteiger partial charge in [0, 0.05) is 11.1 Å². The lowest BCUT2D eigenvalue weighted by Crippen LogP contribution is -2.21. The largest absolute Gasteiger partial charge is 0.493 e. The third-order valence-corrected chi connectivity index (χ3v) is 3.56. The monoisotopic (exact) mass is 305 g/mol. The van der Waals surface area contributed by atoms with E-state index in [2.05, 4.69) is 6.92 Å². The van der Waals surface area contributed by atoms with Crippen LogP contribution in [0, 0.1) is 0 Å². The lowest BCUT2D eigenvalue weighted by atomic mass is 10.0. The summed E-state index contributed by atoms with van der Waals surface area (Å²) in [4.78, 5) is 0. The third kappa shape index (κ3) is 4.13. The molecule has 4 heteroatoms. The van der Waals surface area contributed by atoms with Gasteiger partial charge in [0.2, 0.25) is 0 Å².